The van der Waals surface area contributed by atoms with Crippen molar-refractivity contribution in [2.45, 2.75) is 33.3 Å². The molecule has 1 atom stereocenters. The predicted molar refractivity (Wildman–Crippen MR) is 90.0 cm³/mol. The maximum absolute atomic E-state index is 9.68. The SMILES string of the molecule is CCN1CC(Cc2ccc(C)c(C)c2)Oc2ccc(O)cc21. The van der Waals surface area contributed by atoms with Crippen molar-refractivity contribution in [3.63, 3.8) is 0 Å². The van der Waals surface area contributed by atoms with Gasteiger partial charge < -0.3 is 14.7 Å². The van der Waals surface area contributed by atoms with Crippen molar-refractivity contribution in [1.82, 2.24) is 0 Å². The molecule has 22 heavy (non-hydrogen) atoms. The van der Waals surface area contributed by atoms with Crippen LogP contribution in [0.5, 0.6) is 11.5 Å². The van der Waals surface area contributed by atoms with Crippen molar-refractivity contribution in [2.24, 2.45) is 0 Å². The summed E-state index contributed by atoms with van der Waals surface area (Å²) in [5, 5.41) is 9.68. The van der Waals surface area contributed by atoms with E-state index in [0.717, 1.165) is 30.9 Å². The van der Waals surface area contributed by atoms with Gasteiger partial charge in [-0.25, -0.2) is 0 Å². The summed E-state index contributed by atoms with van der Waals surface area (Å²) < 4.78 is 6.14. The number of aromatic hydroxyl groups is 1. The summed E-state index contributed by atoms with van der Waals surface area (Å²) in [4.78, 5) is 2.27. The second-order valence-electron chi connectivity index (χ2n) is 6.05. The highest BCUT2D eigenvalue weighted by molar-refractivity contribution is 5.62. The van der Waals surface area contributed by atoms with Gasteiger partial charge in [-0.3, -0.25) is 0 Å². The van der Waals surface area contributed by atoms with Gasteiger partial charge in [0.25, 0.3) is 0 Å². The highest BCUT2D eigenvalue weighted by atomic mass is 16.5. The van der Waals surface area contributed by atoms with Crippen molar-refractivity contribution in [2.75, 3.05) is 18.0 Å². The van der Waals surface area contributed by atoms with Crippen molar-refractivity contribution in [1.29, 1.82) is 0 Å². The van der Waals surface area contributed by atoms with Crippen LogP contribution in [0, 0.1) is 13.8 Å². The van der Waals surface area contributed by atoms with E-state index in [1.165, 1.54) is 16.7 Å². The van der Waals surface area contributed by atoms with Gasteiger partial charge in [0.2, 0.25) is 0 Å². The minimum absolute atomic E-state index is 0.138. The summed E-state index contributed by atoms with van der Waals surface area (Å²) in [7, 11) is 0. The lowest BCUT2D eigenvalue weighted by molar-refractivity contribution is 0.194. The molecule has 0 radical (unpaired) electrons. The third-order valence-corrected chi connectivity index (χ3v) is 4.42. The van der Waals surface area contributed by atoms with E-state index in [1.54, 1.807) is 12.1 Å². The second kappa shape index (κ2) is 5.91. The van der Waals surface area contributed by atoms with E-state index in [1.807, 2.05) is 6.07 Å². The standard InChI is InChI=1S/C19H23NO2/c1-4-20-12-17(10-15-6-5-13(2)14(3)9-15)22-19-8-7-16(21)11-18(19)20/h5-9,11,17,21H,4,10,12H2,1-3H3. The fourth-order valence-corrected chi connectivity index (χ4v) is 3.01. The van der Waals surface area contributed by atoms with Gasteiger partial charge in [0.05, 0.1) is 12.2 Å². The summed E-state index contributed by atoms with van der Waals surface area (Å²) in [5.74, 6) is 1.15. The Hall–Kier alpha value is -2.16. The molecule has 0 fully saturated rings. The molecule has 3 heteroatoms. The zero-order valence-corrected chi connectivity index (χ0v) is 13.5. The number of hydrogen-bond acceptors (Lipinski definition) is 3. The molecule has 0 bridgehead atoms. The largest absolute Gasteiger partial charge is 0.508 e. The summed E-state index contributed by atoms with van der Waals surface area (Å²) in [6.07, 6.45) is 1.04. The number of phenols is 1. The van der Waals surface area contributed by atoms with Crippen LogP contribution in [0.4, 0.5) is 5.69 Å². The molecule has 0 aromatic heterocycles. The molecule has 0 amide bonds. The molecule has 116 valence electrons. The molecule has 0 aliphatic carbocycles. The van der Waals surface area contributed by atoms with Crippen LogP contribution in [0.1, 0.15) is 23.6 Å². The first-order valence-electron chi connectivity index (χ1n) is 7.87. The first-order valence-corrected chi connectivity index (χ1v) is 7.87. The number of anilines is 1. The van der Waals surface area contributed by atoms with Crippen LogP contribution in [0.2, 0.25) is 0 Å². The van der Waals surface area contributed by atoms with Crippen LogP contribution >= 0.6 is 0 Å². The van der Waals surface area contributed by atoms with Crippen molar-refractivity contribution in [3.05, 3.63) is 53.1 Å². The van der Waals surface area contributed by atoms with Gasteiger partial charge in [-0.05, 0) is 49.6 Å². The van der Waals surface area contributed by atoms with Gasteiger partial charge >= 0.3 is 0 Å². The Morgan fingerprint density at radius 2 is 1.95 bits per heavy atom. The first-order chi connectivity index (χ1) is 10.6. The van der Waals surface area contributed by atoms with E-state index in [-0.39, 0.29) is 11.9 Å². The molecule has 1 unspecified atom stereocenters. The summed E-state index contributed by atoms with van der Waals surface area (Å²) >= 11 is 0. The van der Waals surface area contributed by atoms with E-state index in [4.69, 9.17) is 4.74 Å². The smallest absolute Gasteiger partial charge is 0.143 e. The summed E-state index contributed by atoms with van der Waals surface area (Å²) in [6.45, 7) is 8.17. The van der Waals surface area contributed by atoms with Crippen LogP contribution in [0.15, 0.2) is 36.4 Å². The molecule has 1 aliphatic heterocycles. The summed E-state index contributed by atoms with van der Waals surface area (Å²) in [5.41, 5.74) is 4.94. The Morgan fingerprint density at radius 1 is 1.14 bits per heavy atom. The second-order valence-corrected chi connectivity index (χ2v) is 6.05. The van der Waals surface area contributed by atoms with E-state index >= 15 is 0 Å². The van der Waals surface area contributed by atoms with Crippen molar-refractivity contribution in [3.8, 4) is 11.5 Å². The molecule has 2 aromatic rings. The topological polar surface area (TPSA) is 32.7 Å². The lowest BCUT2D eigenvalue weighted by Gasteiger charge is -2.36. The van der Waals surface area contributed by atoms with Gasteiger partial charge in [-0.15, -0.1) is 0 Å². The molecule has 0 saturated heterocycles. The van der Waals surface area contributed by atoms with Crippen LogP contribution in [-0.2, 0) is 6.42 Å². The average Bonchev–Trinajstić information content (AvgIpc) is 2.50. The molecule has 3 rings (SSSR count). The van der Waals surface area contributed by atoms with Crippen LogP contribution in [0.25, 0.3) is 0 Å². The monoisotopic (exact) mass is 297 g/mol. The zero-order valence-electron chi connectivity index (χ0n) is 13.5. The normalized spacial score (nSPS) is 17.0. The maximum Gasteiger partial charge on any atom is 0.143 e. The number of phenolic OH excluding ortho intramolecular Hbond substituents is 1. The lowest BCUT2D eigenvalue weighted by Crippen LogP contribution is -2.41. The Bertz CT molecular complexity index is 681. The van der Waals surface area contributed by atoms with Crippen molar-refractivity contribution >= 4 is 5.69 Å². The van der Waals surface area contributed by atoms with E-state index < -0.39 is 0 Å². The number of benzene rings is 2. The molecule has 0 saturated carbocycles. The van der Waals surface area contributed by atoms with Gasteiger partial charge in [-0.2, -0.15) is 0 Å². The number of rotatable bonds is 3. The fourth-order valence-electron chi connectivity index (χ4n) is 3.01. The van der Waals surface area contributed by atoms with Gasteiger partial charge in [0, 0.05) is 19.0 Å². The van der Waals surface area contributed by atoms with E-state index in [0.29, 0.717) is 0 Å². The van der Waals surface area contributed by atoms with Gasteiger partial charge in [0.1, 0.15) is 17.6 Å². The molecule has 1 heterocycles. The fraction of sp³-hybridized carbons (Fsp3) is 0.368. The summed E-state index contributed by atoms with van der Waals surface area (Å²) in [6, 6.07) is 11.9. The van der Waals surface area contributed by atoms with Crippen LogP contribution in [0.3, 0.4) is 0 Å². The molecule has 1 N–H and O–H groups in total. The number of nitrogens with zero attached hydrogens (tertiary/aromatic N) is 1. The van der Waals surface area contributed by atoms with E-state index in [9.17, 15) is 5.11 Å². The number of fused-ring (bicyclic) bond motifs is 1. The number of ether oxygens (including phenoxy) is 1. The highest BCUT2D eigenvalue weighted by Crippen LogP contribution is 2.36. The minimum Gasteiger partial charge on any atom is -0.508 e. The number of hydrogen-bond donors (Lipinski definition) is 1. The molecular weight excluding hydrogens is 274 g/mol. The number of aryl methyl sites for hydroxylation is 2. The average molecular weight is 297 g/mol. The Kier molecular flexibility index (Phi) is 3.97. The number of likely N-dealkylation sites (N-methyl/N-ethyl adjacent to an activating group) is 1. The molecule has 0 spiro atoms. The van der Waals surface area contributed by atoms with Crippen LogP contribution in [-0.4, -0.2) is 24.3 Å². The maximum atomic E-state index is 9.68. The highest BCUT2D eigenvalue weighted by Gasteiger charge is 2.25. The molecule has 3 nitrogen and oxygen atoms in total. The minimum atomic E-state index is 0.138. The molecule has 1 aliphatic rings. The third kappa shape index (κ3) is 2.89. The first kappa shape index (κ1) is 14.8. The molecular formula is C19H23NO2. The predicted octanol–water partition coefficient (Wildman–Crippen LogP) is 3.84. The van der Waals surface area contributed by atoms with Gasteiger partial charge in [0.15, 0.2) is 0 Å². The lowest BCUT2D eigenvalue weighted by atomic mass is 10.0. The van der Waals surface area contributed by atoms with E-state index in [2.05, 4.69) is 43.9 Å². The van der Waals surface area contributed by atoms with Gasteiger partial charge in [-0.1, -0.05) is 18.2 Å². The Balaban J connectivity index is 1.82. The Labute approximate surface area is 132 Å². The van der Waals surface area contributed by atoms with Crippen LogP contribution < -0.4 is 9.64 Å². The molecule has 2 aromatic carbocycles. The third-order valence-electron chi connectivity index (χ3n) is 4.42. The quantitative estimate of drug-likeness (QED) is 0.934. The zero-order chi connectivity index (χ0) is 15.7. The Morgan fingerprint density at radius 3 is 2.68 bits per heavy atom. The van der Waals surface area contributed by atoms with Crippen molar-refractivity contribution < 1.29 is 9.84 Å².